The van der Waals surface area contributed by atoms with E-state index in [1.54, 1.807) is 14.1 Å². The number of rotatable bonds is 5. The molecule has 3 rings (SSSR count). The Morgan fingerprint density at radius 3 is 2.54 bits per heavy atom. The monoisotopic (exact) mass is 357 g/mol. The van der Waals surface area contributed by atoms with E-state index in [1.807, 2.05) is 12.1 Å². The molecule has 3 heterocycles. The lowest BCUT2D eigenvalue weighted by Gasteiger charge is -2.34. The van der Waals surface area contributed by atoms with E-state index in [0.717, 1.165) is 31.0 Å². The van der Waals surface area contributed by atoms with Crippen LogP contribution in [0.25, 0.3) is 0 Å². The molecule has 8 heteroatoms. The molecule has 0 spiro atoms. The minimum Gasteiger partial charge on any atom is -0.462 e. The zero-order chi connectivity index (χ0) is 17.2. The van der Waals surface area contributed by atoms with Crippen LogP contribution in [-0.2, 0) is 21.5 Å². The van der Waals surface area contributed by atoms with Crippen LogP contribution in [0.2, 0.25) is 0 Å². The summed E-state index contributed by atoms with van der Waals surface area (Å²) in [6.07, 6.45) is 3.43. The zero-order valence-corrected chi connectivity index (χ0v) is 15.3. The molecule has 0 bridgehead atoms. The van der Waals surface area contributed by atoms with Gasteiger partial charge >= 0.3 is 0 Å². The number of furan rings is 1. The van der Waals surface area contributed by atoms with Crippen LogP contribution in [0.1, 0.15) is 36.9 Å². The third-order valence-electron chi connectivity index (χ3n) is 4.68. The Kier molecular flexibility index (Phi) is 5.61. The van der Waals surface area contributed by atoms with E-state index in [0.29, 0.717) is 32.7 Å². The van der Waals surface area contributed by atoms with Crippen molar-refractivity contribution < 1.29 is 17.6 Å². The van der Waals surface area contributed by atoms with Gasteiger partial charge in [-0.2, -0.15) is 17.0 Å². The van der Waals surface area contributed by atoms with Gasteiger partial charge in [-0.3, -0.25) is 4.90 Å². The molecule has 2 saturated heterocycles. The molecule has 136 valence electrons. The summed E-state index contributed by atoms with van der Waals surface area (Å²) in [7, 11) is -0.169. The molecule has 2 fully saturated rings. The first kappa shape index (κ1) is 17.9. The van der Waals surface area contributed by atoms with Crippen LogP contribution in [0.4, 0.5) is 0 Å². The number of hydrogen-bond donors (Lipinski definition) is 0. The lowest BCUT2D eigenvalue weighted by atomic mass is 10.1. The van der Waals surface area contributed by atoms with E-state index in [2.05, 4.69) is 4.90 Å². The summed E-state index contributed by atoms with van der Waals surface area (Å²) >= 11 is 0. The van der Waals surface area contributed by atoms with Gasteiger partial charge < -0.3 is 9.15 Å². The zero-order valence-electron chi connectivity index (χ0n) is 14.5. The fourth-order valence-electron chi connectivity index (χ4n) is 3.19. The summed E-state index contributed by atoms with van der Waals surface area (Å²) < 4.78 is 38.8. The Morgan fingerprint density at radius 2 is 1.92 bits per heavy atom. The average Bonchev–Trinajstić information content (AvgIpc) is 3.04. The van der Waals surface area contributed by atoms with Gasteiger partial charge in [-0.1, -0.05) is 0 Å². The molecule has 1 atom stereocenters. The molecule has 0 radical (unpaired) electrons. The van der Waals surface area contributed by atoms with Crippen LogP contribution >= 0.6 is 0 Å². The van der Waals surface area contributed by atoms with Gasteiger partial charge in [0.05, 0.1) is 6.54 Å². The molecule has 0 amide bonds. The fourth-order valence-corrected chi connectivity index (χ4v) is 4.27. The lowest BCUT2D eigenvalue weighted by molar-refractivity contribution is 0.000740. The molecule has 0 aromatic carbocycles. The van der Waals surface area contributed by atoms with Gasteiger partial charge in [-0.05, 0) is 31.4 Å². The van der Waals surface area contributed by atoms with Gasteiger partial charge in [-0.15, -0.1) is 0 Å². The molecule has 2 aliphatic rings. The molecule has 1 unspecified atom stereocenters. The van der Waals surface area contributed by atoms with Crippen LogP contribution in [0, 0.1) is 0 Å². The summed E-state index contributed by atoms with van der Waals surface area (Å²) in [6.45, 7) is 3.97. The first-order valence-electron chi connectivity index (χ1n) is 8.57. The molecule has 2 aliphatic heterocycles. The molecule has 0 aliphatic carbocycles. The van der Waals surface area contributed by atoms with Gasteiger partial charge in [0.1, 0.15) is 17.6 Å². The molecule has 24 heavy (non-hydrogen) atoms. The largest absolute Gasteiger partial charge is 0.462 e. The van der Waals surface area contributed by atoms with E-state index in [-0.39, 0.29) is 6.10 Å². The molecular formula is C16H27N3O4S. The van der Waals surface area contributed by atoms with Crippen molar-refractivity contribution in [1.82, 2.24) is 13.5 Å². The smallest absolute Gasteiger partial charge is 0.281 e. The first-order chi connectivity index (χ1) is 11.5. The maximum atomic E-state index is 12.1. The predicted molar refractivity (Wildman–Crippen MR) is 90.7 cm³/mol. The Hall–Kier alpha value is -0.930. The van der Waals surface area contributed by atoms with Crippen LogP contribution in [0.5, 0.6) is 0 Å². The van der Waals surface area contributed by atoms with E-state index in [9.17, 15) is 8.42 Å². The van der Waals surface area contributed by atoms with Crippen LogP contribution in [-0.4, -0.2) is 68.8 Å². The third kappa shape index (κ3) is 4.00. The van der Waals surface area contributed by atoms with Crippen molar-refractivity contribution in [2.75, 3.05) is 46.9 Å². The van der Waals surface area contributed by atoms with Crippen LogP contribution < -0.4 is 0 Å². The highest BCUT2D eigenvalue weighted by Gasteiger charge is 2.29. The van der Waals surface area contributed by atoms with Crippen molar-refractivity contribution in [3.8, 4) is 0 Å². The topological polar surface area (TPSA) is 66.2 Å². The summed E-state index contributed by atoms with van der Waals surface area (Å²) in [4.78, 5) is 2.23. The van der Waals surface area contributed by atoms with Crippen molar-refractivity contribution in [1.29, 1.82) is 0 Å². The number of nitrogens with zero attached hydrogens (tertiary/aromatic N) is 3. The quantitative estimate of drug-likeness (QED) is 0.798. The first-order valence-corrected chi connectivity index (χ1v) is 9.96. The minimum absolute atomic E-state index is 0.0922. The van der Waals surface area contributed by atoms with Gasteiger partial charge in [0.25, 0.3) is 10.2 Å². The second-order valence-electron chi connectivity index (χ2n) is 6.62. The van der Waals surface area contributed by atoms with E-state index in [4.69, 9.17) is 9.15 Å². The Balaban J connectivity index is 1.52. The molecule has 0 N–H and O–H groups in total. The summed E-state index contributed by atoms with van der Waals surface area (Å²) in [5, 5.41) is 0. The Labute approximate surface area is 144 Å². The normalized spacial score (nSPS) is 24.5. The van der Waals surface area contributed by atoms with Crippen molar-refractivity contribution in [2.45, 2.75) is 31.9 Å². The Morgan fingerprint density at radius 1 is 1.17 bits per heavy atom. The highest BCUT2D eigenvalue weighted by molar-refractivity contribution is 7.86. The molecule has 0 saturated carbocycles. The average molecular weight is 357 g/mol. The number of hydrogen-bond acceptors (Lipinski definition) is 5. The van der Waals surface area contributed by atoms with Gasteiger partial charge in [0.15, 0.2) is 0 Å². The van der Waals surface area contributed by atoms with E-state index in [1.165, 1.54) is 15.0 Å². The molecule has 1 aromatic rings. The SMILES string of the molecule is CN(C)S(=O)(=O)N1CCN(Cc2ccc(C3CCCCO3)o2)CC1. The van der Waals surface area contributed by atoms with Crippen LogP contribution in [0.15, 0.2) is 16.5 Å². The standard InChI is InChI=1S/C16H27N3O4S/c1-17(2)24(20,21)19-10-8-18(9-11-19)13-14-6-7-16(23-14)15-5-3-4-12-22-15/h6-7,15H,3-5,8-13H2,1-2H3. The molecule has 7 nitrogen and oxygen atoms in total. The highest BCUT2D eigenvalue weighted by Crippen LogP contribution is 2.29. The van der Waals surface area contributed by atoms with E-state index >= 15 is 0 Å². The second kappa shape index (κ2) is 7.53. The molecular weight excluding hydrogens is 330 g/mol. The highest BCUT2D eigenvalue weighted by atomic mass is 32.2. The number of piperazine rings is 1. The Bertz CT molecular complexity index is 630. The summed E-state index contributed by atoms with van der Waals surface area (Å²) in [5.41, 5.74) is 0. The van der Waals surface area contributed by atoms with Gasteiger partial charge in [0, 0.05) is 46.9 Å². The lowest BCUT2D eigenvalue weighted by Crippen LogP contribution is -2.51. The second-order valence-corrected chi connectivity index (χ2v) is 8.77. The van der Waals surface area contributed by atoms with Crippen molar-refractivity contribution in [2.24, 2.45) is 0 Å². The number of ether oxygens (including phenoxy) is 1. The third-order valence-corrected chi connectivity index (χ3v) is 6.62. The van der Waals surface area contributed by atoms with Gasteiger partial charge in [0.2, 0.25) is 0 Å². The summed E-state index contributed by atoms with van der Waals surface area (Å²) in [6, 6.07) is 4.02. The van der Waals surface area contributed by atoms with E-state index < -0.39 is 10.2 Å². The van der Waals surface area contributed by atoms with Crippen molar-refractivity contribution in [3.63, 3.8) is 0 Å². The fraction of sp³-hybridized carbons (Fsp3) is 0.750. The van der Waals surface area contributed by atoms with Crippen molar-refractivity contribution >= 4 is 10.2 Å². The summed E-state index contributed by atoms with van der Waals surface area (Å²) in [5.74, 6) is 1.83. The van der Waals surface area contributed by atoms with Gasteiger partial charge in [-0.25, -0.2) is 0 Å². The van der Waals surface area contributed by atoms with Crippen molar-refractivity contribution in [3.05, 3.63) is 23.7 Å². The minimum atomic E-state index is -3.31. The molecule has 1 aromatic heterocycles. The maximum Gasteiger partial charge on any atom is 0.281 e. The maximum absolute atomic E-state index is 12.1. The predicted octanol–water partition coefficient (Wildman–Crippen LogP) is 1.45. The van der Waals surface area contributed by atoms with Crippen LogP contribution in [0.3, 0.4) is 0 Å².